The smallest absolute Gasteiger partial charge is 1.00 e. The number of halogens is 7. The zero-order chi connectivity index (χ0) is 55.4. The molecule has 5 heterocycles. The normalized spacial score (nSPS) is 10.1. The van der Waals surface area contributed by atoms with Crippen LogP contribution >= 0.6 is 69.6 Å². The average molecular weight is 1280 g/mol. The van der Waals surface area contributed by atoms with E-state index in [9.17, 15) is 0 Å². The molecule has 7 N–H and O–H groups in total. The van der Waals surface area contributed by atoms with Crippen molar-refractivity contribution in [2.24, 2.45) is 11.5 Å². The van der Waals surface area contributed by atoms with Crippen molar-refractivity contribution in [3.63, 3.8) is 0 Å². The van der Waals surface area contributed by atoms with Gasteiger partial charge < -0.3 is 49.1 Å². The molecule has 1 fully saturated rings. The Morgan fingerprint density at radius 2 is 0.725 bits per heavy atom. The van der Waals surface area contributed by atoms with Crippen LogP contribution in [0.4, 0.5) is 17.8 Å². The molecule has 0 amide bonds. The summed E-state index contributed by atoms with van der Waals surface area (Å²) in [5.74, 6) is 3.37. The zero-order valence-corrected chi connectivity index (χ0v) is 52.6. The number of aromatic nitrogens is 12. The van der Waals surface area contributed by atoms with Gasteiger partial charge in [-0.25, -0.2) is 0 Å². The number of anilines is 3. The first-order valence-electron chi connectivity index (χ1n) is 23.2. The van der Waals surface area contributed by atoms with Crippen LogP contribution in [0.1, 0.15) is 61.8 Å². The van der Waals surface area contributed by atoms with Crippen LogP contribution in [-0.4, -0.2) is 145 Å². The van der Waals surface area contributed by atoms with Crippen molar-refractivity contribution in [1.29, 1.82) is 0 Å². The van der Waals surface area contributed by atoms with Crippen molar-refractivity contribution < 1.29 is 21.7 Å². The van der Waals surface area contributed by atoms with Gasteiger partial charge in [0.1, 0.15) is 0 Å². The number of nitrogens with two attached hydrogens (primary N) is 2. The van der Waals surface area contributed by atoms with Crippen molar-refractivity contribution in [3.05, 3.63) is 159 Å². The van der Waals surface area contributed by atoms with Crippen molar-refractivity contribution in [3.8, 4) is 34.2 Å². The largest absolute Gasteiger partial charge is 2.00 e. The summed E-state index contributed by atoms with van der Waals surface area (Å²) in [4.78, 5) is 47.5. The third-order valence-electron chi connectivity index (χ3n) is 7.97. The molecular weight excluding hydrogens is 1220 g/mol. The van der Waals surface area contributed by atoms with Crippen LogP contribution in [0.5, 0.6) is 0 Å². The molecule has 0 spiro atoms. The van der Waals surface area contributed by atoms with Gasteiger partial charge in [-0.05, 0) is 123 Å². The van der Waals surface area contributed by atoms with Gasteiger partial charge in [0.15, 0.2) is 17.5 Å². The van der Waals surface area contributed by atoms with Crippen molar-refractivity contribution >= 4 is 127 Å². The van der Waals surface area contributed by atoms with Crippen LogP contribution in [0, 0.1) is 6.07 Å². The summed E-state index contributed by atoms with van der Waals surface area (Å²) >= 11 is 33.1. The van der Waals surface area contributed by atoms with Gasteiger partial charge in [-0.2, -0.15) is 96.2 Å². The van der Waals surface area contributed by atoms with Crippen molar-refractivity contribution in [2.45, 2.75) is 79.9 Å². The molecule has 8 aromatic rings. The van der Waals surface area contributed by atoms with E-state index in [1.807, 2.05) is 163 Å². The van der Waals surface area contributed by atoms with Gasteiger partial charge >= 0.3 is 23.1 Å². The Hall–Kier alpha value is -4.68. The summed E-state index contributed by atoms with van der Waals surface area (Å²) in [6, 6.07) is 42.3. The number of rotatable bonds is 8. The molecular formula is C52H66B2BrCl6MgN17O. The minimum absolute atomic E-state index is 0. The molecule has 0 aliphatic carbocycles. The summed E-state index contributed by atoms with van der Waals surface area (Å²) in [6.07, 6.45) is 2.56. The molecule has 6 radical (unpaired) electrons. The maximum absolute atomic E-state index is 5.88. The molecule has 4 aromatic carbocycles. The maximum atomic E-state index is 5.88. The van der Waals surface area contributed by atoms with Gasteiger partial charge in [-0.15, -0.1) is 0 Å². The van der Waals surface area contributed by atoms with Crippen molar-refractivity contribution in [1.82, 2.24) is 59.8 Å². The summed E-state index contributed by atoms with van der Waals surface area (Å²) in [7, 11) is 3.29. The molecule has 4 aromatic heterocycles. The molecule has 0 unspecified atom stereocenters. The minimum Gasteiger partial charge on any atom is -1.00 e. The van der Waals surface area contributed by atoms with E-state index in [1.165, 1.54) is 19.9 Å². The van der Waals surface area contributed by atoms with Gasteiger partial charge in [0.2, 0.25) is 49.5 Å². The minimum atomic E-state index is 0. The summed E-state index contributed by atoms with van der Waals surface area (Å²) in [5, 5.41) is 9.64. The van der Waals surface area contributed by atoms with E-state index in [2.05, 4.69) is 87.6 Å². The second-order valence-corrected chi connectivity index (χ2v) is 17.5. The summed E-state index contributed by atoms with van der Waals surface area (Å²) < 4.78 is 4.94. The predicted octanol–water partition coefficient (Wildman–Crippen LogP) is 8.80. The topological polar surface area (TPSA) is 252 Å². The Labute approximate surface area is 532 Å². The molecule has 9 rings (SSSR count). The number of nitrogens with one attached hydrogen (secondary N) is 3. The maximum Gasteiger partial charge on any atom is 2.00 e. The van der Waals surface area contributed by atoms with E-state index < -0.39 is 0 Å². The molecule has 1 aliphatic rings. The summed E-state index contributed by atoms with van der Waals surface area (Å²) in [6.45, 7) is 14.0. The zero-order valence-electron chi connectivity index (χ0n) is 45.0. The van der Waals surface area contributed by atoms with Crippen LogP contribution in [0.15, 0.2) is 121 Å². The van der Waals surface area contributed by atoms with E-state index in [0.29, 0.717) is 41.4 Å². The van der Waals surface area contributed by atoms with Crippen LogP contribution in [0.25, 0.3) is 34.2 Å². The van der Waals surface area contributed by atoms with Crippen molar-refractivity contribution in [2.75, 3.05) is 43.3 Å². The number of benzene rings is 4. The van der Waals surface area contributed by atoms with E-state index in [4.69, 9.17) is 80.1 Å². The fourth-order valence-electron chi connectivity index (χ4n) is 5.11. The van der Waals surface area contributed by atoms with Crippen LogP contribution < -0.4 is 44.4 Å². The Morgan fingerprint density at radius 3 is 1.00 bits per heavy atom. The Morgan fingerprint density at radius 1 is 0.450 bits per heavy atom. The molecule has 422 valence electrons. The van der Waals surface area contributed by atoms with Gasteiger partial charge in [0, 0.05) is 65.9 Å². The molecule has 0 saturated carbocycles. The molecule has 28 heteroatoms. The first-order valence-corrected chi connectivity index (χ1v) is 25.4. The van der Waals surface area contributed by atoms with Gasteiger partial charge in [-0.3, -0.25) is 0 Å². The van der Waals surface area contributed by atoms with Crippen LogP contribution in [0.2, 0.25) is 31.7 Å². The second kappa shape index (κ2) is 49.0. The van der Waals surface area contributed by atoms with E-state index in [-0.39, 0.29) is 108 Å². The second-order valence-electron chi connectivity index (χ2n) is 15.5. The predicted molar refractivity (Wildman–Crippen MR) is 331 cm³/mol. The van der Waals surface area contributed by atoms with Crippen LogP contribution in [0.3, 0.4) is 0 Å². The molecule has 1 saturated heterocycles. The third kappa shape index (κ3) is 38.1. The van der Waals surface area contributed by atoms with Gasteiger partial charge in [0.05, 0.1) is 0 Å². The number of nitrogens with zero attached hydrogens (tertiary/aromatic N) is 12. The Balaban J connectivity index is -0.000000436. The standard InChI is InChI=1S/C13H17N5.C12H13ClN4.C9H5Cl2N3.C6H5.C4H8O.C3Cl3N3.C3H9N.CH5N.CH4.2B.BrH.Mg/c1-9(2)15-13-17-11(16-12(14-3)18-13)10-7-5-4-6-8-10;1-8(2)14-12-16-10(15-11(13)17-12)9-6-4-3-5-7-9;10-8-12-7(13-9(11)14-8)6-4-2-1-3-5-6;1-2-4-6-5-3-1;1-2-4-5-3-1;4-1-7-2(5)9-3(6)8-1;1-3(2)4;1-2;;;;;/h4-9H,1-3H3,(H2,14,15,16,17,18);3-8H,1-2H3,(H,14,15,16,17);1-5H;1-5H;1-4H2;;3H,4H2,1-2H3;2H2,1H3;1H4;;;1H;/q;;;-1;;;;;;;;;+2/p-1. The molecule has 80 heavy (non-hydrogen) atoms. The van der Waals surface area contributed by atoms with Gasteiger partial charge in [-0.1, -0.05) is 112 Å². The number of hydrogen-bond donors (Lipinski definition) is 5. The molecule has 18 nitrogen and oxygen atoms in total. The molecule has 0 atom stereocenters. The van der Waals surface area contributed by atoms with Crippen LogP contribution in [-0.2, 0) is 4.74 Å². The quantitative estimate of drug-likeness (QED) is 0.0704. The average Bonchev–Trinajstić information content (AvgIpc) is 3.99. The first-order chi connectivity index (χ1) is 36.0. The number of ether oxygens (including phenoxy) is 1. The monoisotopic (exact) mass is 1280 g/mol. The summed E-state index contributed by atoms with van der Waals surface area (Å²) in [5.41, 5.74) is 12.4. The Kier molecular flexibility index (Phi) is 50.1. The fourth-order valence-corrected chi connectivity index (χ4v) is 6.25. The third-order valence-corrected chi connectivity index (χ3v) is 8.98. The van der Waals surface area contributed by atoms with Gasteiger partial charge in [0.25, 0.3) is 0 Å². The first kappa shape index (κ1) is 81.8. The number of hydrogen-bond acceptors (Lipinski definition) is 18. The SMILES string of the molecule is C.C1CCOC1.CC(C)N.CC(C)Nc1nc(Cl)nc(-c2ccccc2)n1.CN.CNc1nc(NC(C)C)nc(-c2ccccc2)n1.Clc1nc(Cl)nc(-c2ccccc2)n1.Clc1nc(Cl)nc(Cl)n1.[B].[B].[Br-].[Mg+2].[c-]1ccccc1. The molecule has 1 aliphatic heterocycles. The van der Waals surface area contributed by atoms with E-state index in [0.717, 1.165) is 29.9 Å². The van der Waals surface area contributed by atoms with E-state index in [1.54, 1.807) is 7.05 Å². The Bertz CT molecular complexity index is 2660. The molecule has 0 bridgehead atoms. The van der Waals surface area contributed by atoms with E-state index >= 15 is 0 Å². The fraction of sp³-hybridized carbons (Fsp3) is 0.308.